The van der Waals surface area contributed by atoms with Gasteiger partial charge in [-0.2, -0.15) is 5.10 Å². The van der Waals surface area contributed by atoms with Gasteiger partial charge in [0.2, 0.25) is 0 Å². The molecule has 1 fully saturated rings. The number of hydrogen-bond donors (Lipinski definition) is 3. The molecule has 9 nitrogen and oxygen atoms in total. The normalized spacial score (nSPS) is 12.8. The van der Waals surface area contributed by atoms with Crippen LogP contribution in [0, 0.1) is 10.5 Å². The number of ether oxygens (including phenoxy) is 2. The number of benzene rings is 2. The van der Waals surface area contributed by atoms with Crippen LogP contribution in [0.1, 0.15) is 24.0 Å². The summed E-state index contributed by atoms with van der Waals surface area (Å²) in [5.74, 6) is -1.04. The molecule has 33 heavy (non-hydrogen) atoms. The Labute approximate surface area is 212 Å². The lowest BCUT2D eigenvalue weighted by Crippen LogP contribution is -2.38. The quantitative estimate of drug-likeness (QED) is 0.180. The number of hydrogen-bond acceptors (Lipinski definition) is 6. The first-order valence-corrected chi connectivity index (χ1v) is 11.8. The highest BCUT2D eigenvalue weighted by Gasteiger charge is 2.26. The second-order valence-corrected chi connectivity index (χ2v) is 9.30. The zero-order chi connectivity index (χ0) is 24.0. The smallest absolute Gasteiger partial charge is 0.329 e. The molecule has 11 heteroatoms. The van der Waals surface area contributed by atoms with Crippen LogP contribution in [0.3, 0.4) is 0 Å². The topological polar surface area (TPSA) is 118 Å². The van der Waals surface area contributed by atoms with E-state index >= 15 is 0 Å². The van der Waals surface area contributed by atoms with Crippen molar-refractivity contribution in [2.45, 2.75) is 25.8 Å². The van der Waals surface area contributed by atoms with Crippen molar-refractivity contribution in [3.63, 3.8) is 0 Å². The standard InChI is InChI=1S/C22H22BrIN4O5/c1-12-7-15(5-6-16(12)23)26-19(29)11-33-20-17(24)8-13(9-18(20)32-2)10-25-28-22(31)21(30)27-14-3-4-14/h5-10,14H,3-4,11H2,1-2H3,(H,26,29)(H,27,30)(H,28,31)/b25-10-. The number of aryl methyl sites for hydroxylation is 1. The Morgan fingerprint density at radius 2 is 1.97 bits per heavy atom. The molecule has 3 amide bonds. The van der Waals surface area contributed by atoms with Crippen LogP contribution >= 0.6 is 38.5 Å². The summed E-state index contributed by atoms with van der Waals surface area (Å²) >= 11 is 5.48. The van der Waals surface area contributed by atoms with Crippen molar-refractivity contribution < 1.29 is 23.9 Å². The first-order valence-electron chi connectivity index (χ1n) is 9.97. The summed E-state index contributed by atoms with van der Waals surface area (Å²) in [7, 11) is 1.48. The molecule has 1 aliphatic rings. The number of halogens is 2. The van der Waals surface area contributed by atoms with Gasteiger partial charge in [-0.1, -0.05) is 15.9 Å². The van der Waals surface area contributed by atoms with E-state index < -0.39 is 11.8 Å². The molecule has 0 radical (unpaired) electrons. The molecule has 0 atom stereocenters. The van der Waals surface area contributed by atoms with E-state index in [2.05, 4.69) is 59.7 Å². The molecular formula is C22H22BrIN4O5. The fourth-order valence-corrected chi connectivity index (χ4v) is 3.73. The van der Waals surface area contributed by atoms with Crippen molar-refractivity contribution in [2.24, 2.45) is 5.10 Å². The molecule has 2 aromatic rings. The minimum atomic E-state index is -0.827. The molecule has 2 aromatic carbocycles. The molecule has 0 aromatic heterocycles. The molecule has 1 saturated carbocycles. The van der Waals surface area contributed by atoms with Gasteiger partial charge in [0.05, 0.1) is 16.9 Å². The molecule has 174 valence electrons. The van der Waals surface area contributed by atoms with Gasteiger partial charge >= 0.3 is 11.8 Å². The first-order chi connectivity index (χ1) is 15.8. The third-order valence-electron chi connectivity index (χ3n) is 4.54. The summed E-state index contributed by atoms with van der Waals surface area (Å²) in [6.45, 7) is 1.73. The van der Waals surface area contributed by atoms with Crippen molar-refractivity contribution >= 4 is 68.1 Å². The highest BCUT2D eigenvalue weighted by atomic mass is 127. The van der Waals surface area contributed by atoms with Crippen molar-refractivity contribution in [3.05, 3.63) is 49.5 Å². The van der Waals surface area contributed by atoms with Crippen LogP contribution in [0.5, 0.6) is 11.5 Å². The fraction of sp³-hybridized carbons (Fsp3) is 0.273. The number of nitrogens with one attached hydrogen (secondary N) is 3. The van der Waals surface area contributed by atoms with Gasteiger partial charge in [0.15, 0.2) is 18.1 Å². The van der Waals surface area contributed by atoms with Crippen LogP contribution in [0.2, 0.25) is 0 Å². The number of anilines is 1. The van der Waals surface area contributed by atoms with E-state index in [1.807, 2.05) is 19.1 Å². The number of hydrazone groups is 1. The molecule has 0 bridgehead atoms. The van der Waals surface area contributed by atoms with Crippen molar-refractivity contribution in [1.82, 2.24) is 10.7 Å². The van der Waals surface area contributed by atoms with Crippen LogP contribution in [-0.2, 0) is 14.4 Å². The summed E-state index contributed by atoms with van der Waals surface area (Å²) in [6.07, 6.45) is 3.17. The number of nitrogens with zero attached hydrogens (tertiary/aromatic N) is 1. The first kappa shape index (κ1) is 25.0. The van der Waals surface area contributed by atoms with E-state index in [4.69, 9.17) is 9.47 Å². The lowest BCUT2D eigenvalue weighted by Gasteiger charge is -2.14. The lowest BCUT2D eigenvalue weighted by molar-refractivity contribution is -0.139. The number of carbonyl (C=O) groups excluding carboxylic acids is 3. The van der Waals surface area contributed by atoms with Crippen molar-refractivity contribution in [2.75, 3.05) is 19.0 Å². The molecule has 0 heterocycles. The maximum atomic E-state index is 12.3. The maximum absolute atomic E-state index is 12.3. The zero-order valence-corrected chi connectivity index (χ0v) is 21.7. The molecule has 0 saturated heterocycles. The van der Waals surface area contributed by atoms with Gasteiger partial charge in [0.25, 0.3) is 5.91 Å². The lowest BCUT2D eigenvalue weighted by atomic mass is 10.2. The van der Waals surface area contributed by atoms with E-state index in [-0.39, 0.29) is 18.6 Å². The van der Waals surface area contributed by atoms with Crippen LogP contribution in [-0.4, -0.2) is 43.7 Å². The highest BCUT2D eigenvalue weighted by molar-refractivity contribution is 14.1. The highest BCUT2D eigenvalue weighted by Crippen LogP contribution is 2.33. The van der Waals surface area contributed by atoms with E-state index in [9.17, 15) is 14.4 Å². The molecule has 0 unspecified atom stereocenters. The predicted octanol–water partition coefficient (Wildman–Crippen LogP) is 3.12. The Bertz CT molecular complexity index is 1100. The van der Waals surface area contributed by atoms with Crippen molar-refractivity contribution in [3.8, 4) is 11.5 Å². The molecule has 0 aliphatic heterocycles. The molecule has 3 N–H and O–H groups in total. The zero-order valence-electron chi connectivity index (χ0n) is 17.9. The second-order valence-electron chi connectivity index (χ2n) is 7.28. The Kier molecular flexibility index (Phi) is 8.67. The van der Waals surface area contributed by atoms with Gasteiger partial charge < -0.3 is 20.1 Å². The third kappa shape index (κ3) is 7.42. The molecule has 1 aliphatic carbocycles. The molecule has 0 spiro atoms. The molecule has 3 rings (SSSR count). The number of rotatable bonds is 8. The maximum Gasteiger partial charge on any atom is 0.329 e. The third-order valence-corrected chi connectivity index (χ3v) is 6.23. The van der Waals surface area contributed by atoms with E-state index in [1.54, 1.807) is 18.2 Å². The van der Waals surface area contributed by atoms with Gasteiger partial charge in [-0.05, 0) is 83.8 Å². The number of methoxy groups -OCH3 is 1. The largest absolute Gasteiger partial charge is 0.493 e. The Morgan fingerprint density at radius 1 is 1.21 bits per heavy atom. The summed E-state index contributed by atoms with van der Waals surface area (Å²) < 4.78 is 12.7. The fourth-order valence-electron chi connectivity index (χ4n) is 2.71. The summed E-state index contributed by atoms with van der Waals surface area (Å²) in [6, 6.07) is 8.99. The summed E-state index contributed by atoms with van der Waals surface area (Å²) in [5.41, 5.74) is 4.48. The van der Waals surface area contributed by atoms with E-state index in [0.717, 1.165) is 22.9 Å². The van der Waals surface area contributed by atoms with Crippen molar-refractivity contribution in [1.29, 1.82) is 0 Å². The average molecular weight is 629 g/mol. The van der Waals surface area contributed by atoms with Gasteiger partial charge in [0.1, 0.15) is 0 Å². The van der Waals surface area contributed by atoms with E-state index in [1.165, 1.54) is 13.3 Å². The number of carbonyl (C=O) groups is 3. The SMILES string of the molecule is COc1cc(/C=N\NC(=O)C(=O)NC2CC2)cc(I)c1OCC(=O)Nc1ccc(Br)c(C)c1. The van der Waals surface area contributed by atoms with Crippen LogP contribution in [0.4, 0.5) is 5.69 Å². The predicted molar refractivity (Wildman–Crippen MR) is 136 cm³/mol. The van der Waals surface area contributed by atoms with Gasteiger partial charge in [-0.25, -0.2) is 5.43 Å². The van der Waals surface area contributed by atoms with Crippen LogP contribution in [0.15, 0.2) is 39.9 Å². The second kappa shape index (κ2) is 11.5. The minimum absolute atomic E-state index is 0.0895. The Morgan fingerprint density at radius 3 is 2.64 bits per heavy atom. The Balaban J connectivity index is 1.58. The van der Waals surface area contributed by atoms with E-state index in [0.29, 0.717) is 26.3 Å². The van der Waals surface area contributed by atoms with Crippen LogP contribution in [0.25, 0.3) is 0 Å². The monoisotopic (exact) mass is 628 g/mol. The Hall–Kier alpha value is -2.67. The molecular weight excluding hydrogens is 607 g/mol. The minimum Gasteiger partial charge on any atom is -0.493 e. The van der Waals surface area contributed by atoms with Crippen LogP contribution < -0.4 is 25.5 Å². The summed E-state index contributed by atoms with van der Waals surface area (Å²) in [4.78, 5) is 35.7. The van der Waals surface area contributed by atoms with Gasteiger partial charge in [-0.15, -0.1) is 0 Å². The summed E-state index contributed by atoms with van der Waals surface area (Å²) in [5, 5.41) is 9.19. The average Bonchev–Trinajstić information content (AvgIpc) is 3.59. The van der Waals surface area contributed by atoms with Gasteiger partial charge in [-0.3, -0.25) is 14.4 Å². The number of amides is 3. The van der Waals surface area contributed by atoms with Gasteiger partial charge in [0, 0.05) is 16.2 Å².